The quantitative estimate of drug-likeness (QED) is 0.846. The number of phenolic OH excluding ortho intramolecular Hbond substituents is 1. The van der Waals surface area contributed by atoms with Crippen LogP contribution in [0.25, 0.3) is 11.4 Å². The van der Waals surface area contributed by atoms with Crippen LogP contribution >= 0.6 is 23.2 Å². The van der Waals surface area contributed by atoms with Crippen LogP contribution in [-0.4, -0.2) is 15.1 Å². The second-order valence-corrected chi connectivity index (χ2v) is 4.69. The number of aryl methyl sites for hydroxylation is 1. The number of phenols is 1. The van der Waals surface area contributed by atoms with Gasteiger partial charge in [0.25, 0.3) is 0 Å². The smallest absolute Gasteiger partial charge is 0.161 e. The molecule has 2 aromatic rings. The minimum Gasteiger partial charge on any atom is -0.506 e. The zero-order valence-electron chi connectivity index (χ0n) is 10.0. The standard InChI is InChI=1S/C13H12Cl2N2O/c1-3-10-7(2)12(15)17-13(16-10)8-4-5-11(18)9(14)6-8/h4-6,18H,3H2,1-2H3. The first-order valence-corrected chi connectivity index (χ1v) is 6.30. The van der Waals surface area contributed by atoms with E-state index >= 15 is 0 Å². The fraction of sp³-hybridized carbons (Fsp3) is 0.231. The number of nitrogens with zero attached hydrogens (tertiary/aromatic N) is 2. The molecule has 1 N–H and O–H groups in total. The average molecular weight is 283 g/mol. The molecule has 0 unspecified atom stereocenters. The van der Waals surface area contributed by atoms with E-state index in [4.69, 9.17) is 23.2 Å². The van der Waals surface area contributed by atoms with E-state index in [2.05, 4.69) is 9.97 Å². The molecule has 0 aliphatic carbocycles. The maximum Gasteiger partial charge on any atom is 0.161 e. The summed E-state index contributed by atoms with van der Waals surface area (Å²) in [6, 6.07) is 4.85. The highest BCUT2D eigenvalue weighted by atomic mass is 35.5. The molecule has 0 radical (unpaired) electrons. The lowest BCUT2D eigenvalue weighted by Crippen LogP contribution is -1.99. The van der Waals surface area contributed by atoms with Crippen molar-refractivity contribution in [3.8, 4) is 17.1 Å². The monoisotopic (exact) mass is 282 g/mol. The Morgan fingerprint density at radius 1 is 1.22 bits per heavy atom. The van der Waals surface area contributed by atoms with Crippen LogP contribution in [0.3, 0.4) is 0 Å². The molecule has 0 bridgehead atoms. The van der Waals surface area contributed by atoms with Gasteiger partial charge in [-0.1, -0.05) is 30.1 Å². The molecule has 0 saturated carbocycles. The minimum absolute atomic E-state index is 0.0364. The van der Waals surface area contributed by atoms with Crippen molar-refractivity contribution < 1.29 is 5.11 Å². The summed E-state index contributed by atoms with van der Waals surface area (Å²) in [5.74, 6) is 0.554. The van der Waals surface area contributed by atoms with Gasteiger partial charge in [0, 0.05) is 16.8 Å². The van der Waals surface area contributed by atoms with Crippen molar-refractivity contribution in [3.63, 3.8) is 0 Å². The molecule has 3 nitrogen and oxygen atoms in total. The fourth-order valence-corrected chi connectivity index (χ4v) is 2.02. The van der Waals surface area contributed by atoms with E-state index in [1.807, 2.05) is 13.8 Å². The van der Waals surface area contributed by atoms with Crippen molar-refractivity contribution in [1.29, 1.82) is 0 Å². The normalized spacial score (nSPS) is 10.7. The molecule has 0 fully saturated rings. The average Bonchev–Trinajstić information content (AvgIpc) is 2.36. The maximum absolute atomic E-state index is 9.39. The van der Waals surface area contributed by atoms with Crippen LogP contribution in [-0.2, 0) is 6.42 Å². The molecule has 0 amide bonds. The zero-order chi connectivity index (χ0) is 13.3. The van der Waals surface area contributed by atoms with Crippen LogP contribution in [0.5, 0.6) is 5.75 Å². The largest absolute Gasteiger partial charge is 0.506 e. The number of hydrogen-bond acceptors (Lipinski definition) is 3. The molecule has 94 valence electrons. The van der Waals surface area contributed by atoms with Gasteiger partial charge in [0.15, 0.2) is 5.82 Å². The zero-order valence-corrected chi connectivity index (χ0v) is 11.5. The number of halogens is 2. The summed E-state index contributed by atoms with van der Waals surface area (Å²) in [4.78, 5) is 8.69. The second-order valence-electron chi connectivity index (χ2n) is 3.93. The van der Waals surface area contributed by atoms with E-state index in [1.165, 1.54) is 6.07 Å². The Hall–Kier alpha value is -1.32. The van der Waals surface area contributed by atoms with Crippen molar-refractivity contribution in [3.05, 3.63) is 39.6 Å². The number of aromatic hydroxyl groups is 1. The third kappa shape index (κ3) is 2.42. The summed E-state index contributed by atoms with van der Waals surface area (Å²) in [6.07, 6.45) is 0.785. The summed E-state index contributed by atoms with van der Waals surface area (Å²) in [6.45, 7) is 3.91. The molecule has 5 heteroatoms. The van der Waals surface area contributed by atoms with Gasteiger partial charge in [-0.05, 0) is 31.5 Å². The lowest BCUT2D eigenvalue weighted by molar-refractivity contribution is 0.475. The van der Waals surface area contributed by atoms with Crippen molar-refractivity contribution in [1.82, 2.24) is 9.97 Å². The van der Waals surface area contributed by atoms with Gasteiger partial charge in [0.1, 0.15) is 10.9 Å². The highest BCUT2D eigenvalue weighted by Gasteiger charge is 2.11. The second kappa shape index (κ2) is 5.12. The molecule has 2 rings (SSSR count). The SMILES string of the molecule is CCc1nc(-c2ccc(O)c(Cl)c2)nc(Cl)c1C. The van der Waals surface area contributed by atoms with Crippen LogP contribution in [0.15, 0.2) is 18.2 Å². The fourth-order valence-electron chi connectivity index (χ4n) is 1.65. The van der Waals surface area contributed by atoms with Gasteiger partial charge in [-0.25, -0.2) is 9.97 Å². The van der Waals surface area contributed by atoms with Gasteiger partial charge in [-0.3, -0.25) is 0 Å². The van der Waals surface area contributed by atoms with Gasteiger partial charge in [-0.2, -0.15) is 0 Å². The Balaban J connectivity index is 2.57. The molecule has 0 spiro atoms. The highest BCUT2D eigenvalue weighted by Crippen LogP contribution is 2.29. The van der Waals surface area contributed by atoms with E-state index in [9.17, 15) is 5.11 Å². The summed E-state index contributed by atoms with van der Waals surface area (Å²) in [5, 5.41) is 10.1. The summed E-state index contributed by atoms with van der Waals surface area (Å²) >= 11 is 12.0. The van der Waals surface area contributed by atoms with Crippen LogP contribution in [0.1, 0.15) is 18.2 Å². The Morgan fingerprint density at radius 3 is 2.56 bits per heavy atom. The number of benzene rings is 1. The number of rotatable bonds is 2. The van der Waals surface area contributed by atoms with Crippen LogP contribution in [0.2, 0.25) is 10.2 Å². The molecule has 18 heavy (non-hydrogen) atoms. The molecular weight excluding hydrogens is 271 g/mol. The molecule has 1 heterocycles. The molecule has 0 saturated heterocycles. The Morgan fingerprint density at radius 2 is 1.94 bits per heavy atom. The van der Waals surface area contributed by atoms with Crippen LogP contribution in [0.4, 0.5) is 0 Å². The molecule has 1 aromatic heterocycles. The molecular formula is C13H12Cl2N2O. The van der Waals surface area contributed by atoms with Gasteiger partial charge < -0.3 is 5.11 Å². The van der Waals surface area contributed by atoms with E-state index in [1.54, 1.807) is 12.1 Å². The summed E-state index contributed by atoms with van der Waals surface area (Å²) in [5.41, 5.74) is 2.54. The predicted molar refractivity (Wildman–Crippen MR) is 73.3 cm³/mol. The summed E-state index contributed by atoms with van der Waals surface area (Å²) in [7, 11) is 0. The van der Waals surface area contributed by atoms with Crippen molar-refractivity contribution in [2.75, 3.05) is 0 Å². The molecule has 0 aliphatic rings. The predicted octanol–water partition coefficient (Wildman–Crippen LogP) is 4.03. The highest BCUT2D eigenvalue weighted by molar-refractivity contribution is 6.32. The van der Waals surface area contributed by atoms with E-state index in [0.717, 1.165) is 23.2 Å². The summed E-state index contributed by atoms with van der Waals surface area (Å²) < 4.78 is 0. The van der Waals surface area contributed by atoms with Gasteiger partial charge in [0.2, 0.25) is 0 Å². The number of hydrogen-bond donors (Lipinski definition) is 1. The maximum atomic E-state index is 9.39. The lowest BCUT2D eigenvalue weighted by atomic mass is 10.1. The van der Waals surface area contributed by atoms with Crippen LogP contribution in [0, 0.1) is 6.92 Å². The first kappa shape index (κ1) is 13.1. The van der Waals surface area contributed by atoms with Gasteiger partial charge in [-0.15, -0.1) is 0 Å². The first-order valence-electron chi connectivity index (χ1n) is 5.54. The first-order chi connectivity index (χ1) is 8.52. The van der Waals surface area contributed by atoms with Crippen LogP contribution < -0.4 is 0 Å². The minimum atomic E-state index is 0.0364. The van der Waals surface area contributed by atoms with Crippen molar-refractivity contribution >= 4 is 23.2 Å². The molecule has 0 aliphatic heterocycles. The van der Waals surface area contributed by atoms with Gasteiger partial charge in [0.05, 0.1) is 5.02 Å². The van der Waals surface area contributed by atoms with Crippen molar-refractivity contribution in [2.24, 2.45) is 0 Å². The lowest BCUT2D eigenvalue weighted by Gasteiger charge is -2.08. The van der Waals surface area contributed by atoms with Gasteiger partial charge >= 0.3 is 0 Å². The Labute approximate surface area is 115 Å². The number of aromatic nitrogens is 2. The Kier molecular flexibility index (Phi) is 3.73. The van der Waals surface area contributed by atoms with E-state index in [-0.39, 0.29) is 10.8 Å². The molecule has 0 atom stereocenters. The third-order valence-corrected chi connectivity index (χ3v) is 3.40. The third-order valence-electron chi connectivity index (χ3n) is 2.73. The van der Waals surface area contributed by atoms with E-state index < -0.39 is 0 Å². The molecule has 1 aromatic carbocycles. The Bertz CT molecular complexity index is 600. The van der Waals surface area contributed by atoms with E-state index in [0.29, 0.717) is 11.0 Å². The van der Waals surface area contributed by atoms with Crippen molar-refractivity contribution in [2.45, 2.75) is 20.3 Å². The topological polar surface area (TPSA) is 46.0 Å².